The van der Waals surface area contributed by atoms with Gasteiger partial charge in [-0.05, 0) is 55.8 Å². The lowest BCUT2D eigenvalue weighted by molar-refractivity contribution is -0.132. The van der Waals surface area contributed by atoms with E-state index in [0.29, 0.717) is 24.2 Å². The van der Waals surface area contributed by atoms with Gasteiger partial charge in [0.2, 0.25) is 5.91 Å². The van der Waals surface area contributed by atoms with E-state index in [-0.39, 0.29) is 11.8 Å². The Balaban J connectivity index is 1.52. The van der Waals surface area contributed by atoms with Gasteiger partial charge in [-0.2, -0.15) is 5.10 Å². The van der Waals surface area contributed by atoms with Crippen molar-refractivity contribution in [3.63, 3.8) is 0 Å². The average Bonchev–Trinajstić information content (AvgIpc) is 2.77. The molecule has 0 aliphatic heterocycles. The lowest BCUT2D eigenvalue weighted by Crippen LogP contribution is -2.49. The van der Waals surface area contributed by atoms with Crippen LogP contribution < -0.4 is 11.1 Å². The van der Waals surface area contributed by atoms with Crippen molar-refractivity contribution in [1.29, 1.82) is 0 Å². The molecule has 4 aliphatic carbocycles. The Bertz CT molecular complexity index is 537. The minimum atomic E-state index is 0.178. The molecule has 0 spiro atoms. The SMILES string of the molecule is Cn1cc(CN)c(NC(=O)C2C3CC4CC(C3)CC2C4)n1. The molecule has 5 nitrogen and oxygen atoms in total. The minimum absolute atomic E-state index is 0.178. The average molecular weight is 288 g/mol. The largest absolute Gasteiger partial charge is 0.326 e. The summed E-state index contributed by atoms with van der Waals surface area (Å²) in [7, 11) is 1.86. The Kier molecular flexibility index (Phi) is 3.06. The first-order valence-corrected chi connectivity index (χ1v) is 8.17. The third-order valence-corrected chi connectivity index (χ3v) is 5.90. The van der Waals surface area contributed by atoms with E-state index in [1.165, 1.54) is 32.1 Å². The van der Waals surface area contributed by atoms with Crippen LogP contribution in [0.15, 0.2) is 6.20 Å². The number of hydrogen-bond donors (Lipinski definition) is 2. The quantitative estimate of drug-likeness (QED) is 0.892. The second-order valence-electron chi connectivity index (χ2n) is 7.33. The summed E-state index contributed by atoms with van der Waals surface area (Å²) in [5, 5.41) is 7.40. The standard InChI is InChI=1S/C16H24N4O/c1-20-8-13(7-17)15(19-20)18-16(21)14-11-3-9-2-10(5-11)6-12(14)4-9/h8-12,14H,2-7,17H2,1H3,(H,18,19,21). The third kappa shape index (κ3) is 2.18. The second-order valence-corrected chi connectivity index (χ2v) is 7.33. The number of nitrogens with zero attached hydrogens (tertiary/aromatic N) is 2. The van der Waals surface area contributed by atoms with Crippen LogP contribution in [0.25, 0.3) is 0 Å². The molecular weight excluding hydrogens is 264 g/mol. The van der Waals surface area contributed by atoms with Crippen molar-refractivity contribution in [2.24, 2.45) is 42.4 Å². The molecule has 5 heteroatoms. The summed E-state index contributed by atoms with van der Waals surface area (Å²) < 4.78 is 1.72. The van der Waals surface area contributed by atoms with E-state index in [9.17, 15) is 4.79 Å². The van der Waals surface area contributed by atoms with Crippen LogP contribution in [0.3, 0.4) is 0 Å². The predicted octanol–water partition coefficient (Wildman–Crippen LogP) is 1.89. The van der Waals surface area contributed by atoms with Gasteiger partial charge in [0.25, 0.3) is 0 Å². The summed E-state index contributed by atoms with van der Waals surface area (Å²) in [4.78, 5) is 12.8. The maximum absolute atomic E-state index is 12.8. The van der Waals surface area contributed by atoms with Crippen LogP contribution in [0.2, 0.25) is 0 Å². The highest BCUT2D eigenvalue weighted by atomic mass is 16.2. The topological polar surface area (TPSA) is 72.9 Å². The number of aromatic nitrogens is 2. The number of carbonyl (C=O) groups is 1. The fraction of sp³-hybridized carbons (Fsp3) is 0.750. The molecule has 1 aromatic rings. The van der Waals surface area contributed by atoms with Crippen molar-refractivity contribution < 1.29 is 4.79 Å². The zero-order valence-corrected chi connectivity index (χ0v) is 12.6. The summed E-state index contributed by atoms with van der Waals surface area (Å²) in [6.45, 7) is 0.408. The molecule has 114 valence electrons. The molecule has 3 N–H and O–H groups in total. The van der Waals surface area contributed by atoms with Gasteiger partial charge in [0, 0.05) is 31.3 Å². The number of aryl methyl sites for hydroxylation is 1. The Hall–Kier alpha value is -1.36. The van der Waals surface area contributed by atoms with Gasteiger partial charge in [0.15, 0.2) is 5.82 Å². The molecule has 0 aromatic carbocycles. The van der Waals surface area contributed by atoms with Gasteiger partial charge in [0.05, 0.1) is 0 Å². The molecule has 0 atom stereocenters. The fourth-order valence-electron chi connectivity index (χ4n) is 5.35. The second kappa shape index (κ2) is 4.83. The summed E-state index contributed by atoms with van der Waals surface area (Å²) in [5.41, 5.74) is 6.64. The minimum Gasteiger partial charge on any atom is -0.326 e. The Morgan fingerprint density at radius 1 is 1.29 bits per heavy atom. The third-order valence-electron chi connectivity index (χ3n) is 5.90. The molecule has 1 aromatic heterocycles. The van der Waals surface area contributed by atoms with Gasteiger partial charge in [-0.25, -0.2) is 0 Å². The van der Waals surface area contributed by atoms with Gasteiger partial charge < -0.3 is 11.1 Å². The van der Waals surface area contributed by atoms with E-state index in [1.54, 1.807) is 4.68 Å². The van der Waals surface area contributed by atoms with Crippen LogP contribution in [-0.2, 0) is 18.4 Å². The zero-order valence-electron chi connectivity index (χ0n) is 12.6. The number of carbonyl (C=O) groups excluding carboxylic acids is 1. The van der Waals surface area contributed by atoms with E-state index in [2.05, 4.69) is 10.4 Å². The van der Waals surface area contributed by atoms with Gasteiger partial charge in [0.1, 0.15) is 0 Å². The van der Waals surface area contributed by atoms with Crippen LogP contribution in [-0.4, -0.2) is 15.7 Å². The molecule has 5 rings (SSSR count). The lowest BCUT2D eigenvalue weighted by Gasteiger charge is -2.53. The van der Waals surface area contributed by atoms with Crippen LogP contribution in [0.4, 0.5) is 5.82 Å². The number of hydrogen-bond acceptors (Lipinski definition) is 3. The zero-order chi connectivity index (χ0) is 14.6. The van der Waals surface area contributed by atoms with Crippen molar-refractivity contribution >= 4 is 11.7 Å². The molecule has 4 aliphatic rings. The van der Waals surface area contributed by atoms with E-state index in [1.807, 2.05) is 13.2 Å². The fourth-order valence-corrected chi connectivity index (χ4v) is 5.35. The molecule has 0 unspecified atom stereocenters. The summed E-state index contributed by atoms with van der Waals surface area (Å²) >= 11 is 0. The highest BCUT2D eigenvalue weighted by Gasteiger charge is 2.50. The van der Waals surface area contributed by atoms with Crippen molar-refractivity contribution in [3.8, 4) is 0 Å². The van der Waals surface area contributed by atoms with E-state index < -0.39 is 0 Å². The van der Waals surface area contributed by atoms with Crippen LogP contribution in [0, 0.1) is 29.6 Å². The number of anilines is 1. The first kappa shape index (κ1) is 13.3. The van der Waals surface area contributed by atoms with Gasteiger partial charge in [-0.3, -0.25) is 9.48 Å². The molecule has 4 saturated carbocycles. The van der Waals surface area contributed by atoms with Gasteiger partial charge in [-0.15, -0.1) is 0 Å². The smallest absolute Gasteiger partial charge is 0.229 e. The number of nitrogens with two attached hydrogens (primary N) is 1. The highest BCUT2D eigenvalue weighted by molar-refractivity contribution is 5.92. The normalized spacial score (nSPS) is 37.0. The number of nitrogens with one attached hydrogen (secondary N) is 1. The van der Waals surface area contributed by atoms with Gasteiger partial charge >= 0.3 is 0 Å². The molecule has 4 bridgehead atoms. The molecule has 4 fully saturated rings. The van der Waals surface area contributed by atoms with E-state index >= 15 is 0 Å². The number of rotatable bonds is 3. The molecule has 0 radical (unpaired) electrons. The van der Waals surface area contributed by atoms with Crippen molar-refractivity contribution in [1.82, 2.24) is 9.78 Å². The monoisotopic (exact) mass is 288 g/mol. The first-order valence-electron chi connectivity index (χ1n) is 8.17. The lowest BCUT2D eigenvalue weighted by atomic mass is 9.51. The van der Waals surface area contributed by atoms with Crippen molar-refractivity contribution in [3.05, 3.63) is 11.8 Å². The Labute approximate surface area is 125 Å². The number of amides is 1. The summed E-state index contributed by atoms with van der Waals surface area (Å²) in [5.74, 6) is 4.02. The van der Waals surface area contributed by atoms with Crippen LogP contribution >= 0.6 is 0 Å². The van der Waals surface area contributed by atoms with E-state index in [0.717, 1.165) is 17.4 Å². The van der Waals surface area contributed by atoms with E-state index in [4.69, 9.17) is 5.73 Å². The van der Waals surface area contributed by atoms with Gasteiger partial charge in [-0.1, -0.05) is 0 Å². The predicted molar refractivity (Wildman–Crippen MR) is 80.3 cm³/mol. The maximum atomic E-state index is 12.8. The highest BCUT2D eigenvalue weighted by Crippen LogP contribution is 2.56. The molecule has 1 amide bonds. The molecule has 1 heterocycles. The van der Waals surface area contributed by atoms with Crippen molar-refractivity contribution in [2.75, 3.05) is 5.32 Å². The first-order chi connectivity index (χ1) is 10.1. The molecular formula is C16H24N4O. The maximum Gasteiger partial charge on any atom is 0.229 e. The van der Waals surface area contributed by atoms with Crippen LogP contribution in [0.5, 0.6) is 0 Å². The Morgan fingerprint density at radius 3 is 2.48 bits per heavy atom. The van der Waals surface area contributed by atoms with Crippen LogP contribution in [0.1, 0.15) is 37.7 Å². The van der Waals surface area contributed by atoms with Crippen molar-refractivity contribution in [2.45, 2.75) is 38.6 Å². The summed E-state index contributed by atoms with van der Waals surface area (Å²) in [6.07, 6.45) is 8.34. The molecule has 21 heavy (non-hydrogen) atoms. The summed E-state index contributed by atoms with van der Waals surface area (Å²) in [6, 6.07) is 0. The molecule has 0 saturated heterocycles. The Morgan fingerprint density at radius 2 is 1.90 bits per heavy atom.